The minimum atomic E-state index is -0.640. The number of fused-ring (bicyclic) bond motifs is 1. The van der Waals surface area contributed by atoms with Crippen molar-refractivity contribution < 1.29 is 18.9 Å². The van der Waals surface area contributed by atoms with Crippen LogP contribution in [0.15, 0.2) is 75.9 Å². The number of aromatic nitrogens is 1. The van der Waals surface area contributed by atoms with Crippen LogP contribution in [-0.2, 0) is 11.3 Å². The van der Waals surface area contributed by atoms with Crippen LogP contribution in [-0.4, -0.2) is 15.4 Å². The van der Waals surface area contributed by atoms with Gasteiger partial charge < -0.3 is 14.5 Å². The summed E-state index contributed by atoms with van der Waals surface area (Å²) in [5, 5.41) is 14.1. The quantitative estimate of drug-likeness (QED) is 0.275. The van der Waals surface area contributed by atoms with Crippen molar-refractivity contribution in [2.45, 2.75) is 19.4 Å². The molecule has 4 aromatic rings. The fourth-order valence-electron chi connectivity index (χ4n) is 3.30. The second kappa shape index (κ2) is 9.58. The summed E-state index contributed by atoms with van der Waals surface area (Å²) >= 11 is 6.08. The van der Waals surface area contributed by atoms with E-state index in [0.717, 1.165) is 0 Å². The van der Waals surface area contributed by atoms with Gasteiger partial charge in [0.05, 0.1) is 22.2 Å². The SMILES string of the molecule is O=C(CCCn1c(=O)oc2cc([N+](=O)[O-])ccc21)Nc1cc(Cl)ccc1Oc1ccccc1. The number of halogens is 1. The van der Waals surface area contributed by atoms with E-state index in [0.29, 0.717) is 34.1 Å². The monoisotopic (exact) mass is 467 g/mol. The Bertz CT molecular complexity index is 1380. The minimum Gasteiger partial charge on any atom is -0.455 e. The van der Waals surface area contributed by atoms with Gasteiger partial charge in [0.25, 0.3) is 5.69 Å². The molecule has 9 nitrogen and oxygen atoms in total. The van der Waals surface area contributed by atoms with Crippen molar-refractivity contribution >= 4 is 40.0 Å². The zero-order valence-corrected chi connectivity index (χ0v) is 17.9. The Hall–Kier alpha value is -4.11. The van der Waals surface area contributed by atoms with Crippen LogP contribution in [0, 0.1) is 10.1 Å². The first-order chi connectivity index (χ1) is 15.9. The maximum absolute atomic E-state index is 12.5. The van der Waals surface area contributed by atoms with E-state index >= 15 is 0 Å². The van der Waals surface area contributed by atoms with Gasteiger partial charge in [-0.25, -0.2) is 4.79 Å². The molecule has 1 N–H and O–H groups in total. The Morgan fingerprint density at radius 1 is 1.12 bits per heavy atom. The topological polar surface area (TPSA) is 117 Å². The molecular weight excluding hydrogens is 450 g/mol. The lowest BCUT2D eigenvalue weighted by Crippen LogP contribution is -2.17. The number of non-ortho nitro benzene ring substituents is 1. The lowest BCUT2D eigenvalue weighted by molar-refractivity contribution is -0.384. The van der Waals surface area contributed by atoms with Gasteiger partial charge in [-0.05, 0) is 42.8 Å². The number of benzene rings is 3. The molecule has 168 valence electrons. The van der Waals surface area contributed by atoms with Gasteiger partial charge in [0.2, 0.25) is 5.91 Å². The molecule has 0 bridgehead atoms. The van der Waals surface area contributed by atoms with Crippen molar-refractivity contribution in [1.29, 1.82) is 0 Å². The van der Waals surface area contributed by atoms with Crippen LogP contribution < -0.4 is 15.8 Å². The molecule has 0 aliphatic rings. The van der Waals surface area contributed by atoms with Crippen molar-refractivity contribution in [3.05, 3.63) is 92.4 Å². The molecule has 0 atom stereocenters. The standard InChI is InChI=1S/C23H18ClN3O6/c24-15-8-11-20(32-17-5-2-1-3-6-17)18(13-15)25-22(28)7-4-12-26-19-10-9-16(27(30)31)14-21(19)33-23(26)29/h1-3,5-6,8-11,13-14H,4,7,12H2,(H,25,28). The Kier molecular flexibility index (Phi) is 6.41. The molecule has 1 heterocycles. The molecule has 10 heteroatoms. The minimum absolute atomic E-state index is 0.114. The fourth-order valence-corrected chi connectivity index (χ4v) is 3.47. The molecule has 4 rings (SSSR count). The molecule has 1 aromatic heterocycles. The molecule has 0 fully saturated rings. The normalized spacial score (nSPS) is 10.8. The summed E-state index contributed by atoms with van der Waals surface area (Å²) in [6.45, 7) is 0.208. The van der Waals surface area contributed by atoms with E-state index in [9.17, 15) is 19.7 Å². The molecule has 3 aromatic carbocycles. The van der Waals surface area contributed by atoms with E-state index in [2.05, 4.69) is 5.32 Å². The van der Waals surface area contributed by atoms with E-state index in [1.54, 1.807) is 30.3 Å². The zero-order valence-electron chi connectivity index (χ0n) is 17.2. The van der Waals surface area contributed by atoms with Crippen LogP contribution in [0.5, 0.6) is 11.5 Å². The average molecular weight is 468 g/mol. The number of ether oxygens (including phenoxy) is 1. The highest BCUT2D eigenvalue weighted by atomic mass is 35.5. The molecular formula is C23H18ClN3O6. The first-order valence-electron chi connectivity index (χ1n) is 10.0. The van der Waals surface area contributed by atoms with E-state index in [1.165, 1.54) is 22.8 Å². The predicted octanol–water partition coefficient (Wildman–Crippen LogP) is 5.37. The van der Waals surface area contributed by atoms with Crippen molar-refractivity contribution in [2.24, 2.45) is 0 Å². The van der Waals surface area contributed by atoms with Crippen LogP contribution in [0.4, 0.5) is 11.4 Å². The average Bonchev–Trinajstić information content (AvgIpc) is 3.10. The summed E-state index contributed by atoms with van der Waals surface area (Å²) < 4.78 is 12.3. The molecule has 33 heavy (non-hydrogen) atoms. The highest BCUT2D eigenvalue weighted by Crippen LogP contribution is 2.32. The van der Waals surface area contributed by atoms with Gasteiger partial charge in [-0.15, -0.1) is 0 Å². The summed E-state index contributed by atoms with van der Waals surface area (Å²) in [6, 6.07) is 18.0. The number of nitrogens with one attached hydrogen (secondary N) is 1. The third kappa shape index (κ3) is 5.21. The number of carbonyl (C=O) groups excluding carboxylic acids is 1. The Morgan fingerprint density at radius 3 is 2.67 bits per heavy atom. The summed E-state index contributed by atoms with van der Waals surface area (Å²) in [5.41, 5.74) is 0.812. The van der Waals surface area contributed by atoms with E-state index in [4.69, 9.17) is 20.8 Å². The van der Waals surface area contributed by atoms with E-state index in [1.807, 2.05) is 18.2 Å². The third-order valence-electron chi connectivity index (χ3n) is 4.83. The predicted molar refractivity (Wildman–Crippen MR) is 123 cm³/mol. The van der Waals surface area contributed by atoms with Crippen molar-refractivity contribution in [1.82, 2.24) is 4.57 Å². The van der Waals surface area contributed by atoms with Crippen molar-refractivity contribution in [3.8, 4) is 11.5 Å². The number of anilines is 1. The largest absolute Gasteiger partial charge is 0.455 e. The molecule has 0 saturated heterocycles. The molecule has 0 unspecified atom stereocenters. The molecule has 0 aliphatic heterocycles. The third-order valence-corrected chi connectivity index (χ3v) is 5.07. The number of carbonyl (C=O) groups is 1. The number of amides is 1. The van der Waals surface area contributed by atoms with E-state index in [-0.39, 0.29) is 30.1 Å². The van der Waals surface area contributed by atoms with Gasteiger partial charge in [-0.2, -0.15) is 0 Å². The Labute approximate surface area is 192 Å². The maximum atomic E-state index is 12.5. The van der Waals surface area contributed by atoms with Gasteiger partial charge in [-0.1, -0.05) is 29.8 Å². The number of para-hydroxylation sites is 1. The smallest absolute Gasteiger partial charge is 0.419 e. The van der Waals surface area contributed by atoms with Gasteiger partial charge in [0, 0.05) is 24.1 Å². The first-order valence-corrected chi connectivity index (χ1v) is 10.4. The van der Waals surface area contributed by atoms with Crippen LogP contribution in [0.1, 0.15) is 12.8 Å². The lowest BCUT2D eigenvalue weighted by Gasteiger charge is -2.13. The second-order valence-corrected chi connectivity index (χ2v) is 7.57. The zero-order chi connectivity index (χ0) is 23.4. The van der Waals surface area contributed by atoms with Gasteiger partial charge >= 0.3 is 5.76 Å². The lowest BCUT2D eigenvalue weighted by atomic mass is 10.2. The highest BCUT2D eigenvalue weighted by Gasteiger charge is 2.15. The number of oxazole rings is 1. The van der Waals surface area contributed by atoms with Gasteiger partial charge in [-0.3, -0.25) is 19.5 Å². The summed E-state index contributed by atoms with van der Waals surface area (Å²) in [5.74, 6) is 0.130. The number of nitro benzene ring substituents is 1. The number of nitrogens with zero attached hydrogens (tertiary/aromatic N) is 2. The summed E-state index contributed by atoms with van der Waals surface area (Å²) in [7, 11) is 0. The van der Waals surface area contributed by atoms with Crippen LogP contribution in [0.3, 0.4) is 0 Å². The number of rotatable bonds is 8. The number of hydrogen-bond acceptors (Lipinski definition) is 6. The first kappa shape index (κ1) is 22.1. The van der Waals surface area contributed by atoms with Crippen molar-refractivity contribution in [2.75, 3.05) is 5.32 Å². The summed E-state index contributed by atoms with van der Waals surface area (Å²) in [4.78, 5) is 35.0. The van der Waals surface area contributed by atoms with Gasteiger partial charge in [0.1, 0.15) is 5.75 Å². The van der Waals surface area contributed by atoms with Gasteiger partial charge in [0.15, 0.2) is 11.3 Å². The Morgan fingerprint density at radius 2 is 1.91 bits per heavy atom. The van der Waals surface area contributed by atoms with Crippen LogP contribution >= 0.6 is 11.6 Å². The Balaban J connectivity index is 1.41. The highest BCUT2D eigenvalue weighted by molar-refractivity contribution is 6.31. The molecule has 0 aliphatic carbocycles. The number of hydrogen-bond donors (Lipinski definition) is 1. The fraction of sp³-hybridized carbons (Fsp3) is 0.130. The van der Waals surface area contributed by atoms with Crippen molar-refractivity contribution in [3.63, 3.8) is 0 Å². The molecule has 1 amide bonds. The molecule has 0 saturated carbocycles. The molecule has 0 spiro atoms. The maximum Gasteiger partial charge on any atom is 0.419 e. The number of nitro groups is 1. The number of aryl methyl sites for hydroxylation is 1. The summed E-state index contributed by atoms with van der Waals surface area (Å²) in [6.07, 6.45) is 0.455. The van der Waals surface area contributed by atoms with Crippen LogP contribution in [0.25, 0.3) is 11.1 Å². The van der Waals surface area contributed by atoms with E-state index < -0.39 is 10.7 Å². The molecule has 0 radical (unpaired) electrons. The van der Waals surface area contributed by atoms with Crippen LogP contribution in [0.2, 0.25) is 5.02 Å². The second-order valence-electron chi connectivity index (χ2n) is 7.14.